The topological polar surface area (TPSA) is 34.2 Å². The van der Waals surface area contributed by atoms with Crippen molar-refractivity contribution in [3.8, 4) is 0 Å². The van der Waals surface area contributed by atoms with E-state index in [1.54, 1.807) is 0 Å². The van der Waals surface area contributed by atoms with Gasteiger partial charge < -0.3 is 10.1 Å². The van der Waals surface area contributed by atoms with Crippen LogP contribution in [0.5, 0.6) is 0 Å². The molecule has 2 heterocycles. The number of nitrogens with zero attached hydrogens (tertiary/aromatic N) is 1. The van der Waals surface area contributed by atoms with Crippen LogP contribution in [0.3, 0.4) is 0 Å². The summed E-state index contributed by atoms with van der Waals surface area (Å²) in [6, 6.07) is 4.76. The molecule has 116 valence electrons. The summed E-state index contributed by atoms with van der Waals surface area (Å²) in [5.41, 5.74) is 1.53. The molecule has 1 aliphatic heterocycles. The summed E-state index contributed by atoms with van der Waals surface area (Å²) in [6.45, 7) is 0.940. The van der Waals surface area contributed by atoms with Gasteiger partial charge >= 0.3 is 0 Å². The van der Waals surface area contributed by atoms with E-state index in [1.165, 1.54) is 50.5 Å². The SMILES string of the molecule is CNC(Cc1cccnc1)C1CCOC2(CCCCC2)C1. The van der Waals surface area contributed by atoms with Crippen molar-refractivity contribution in [1.29, 1.82) is 0 Å². The van der Waals surface area contributed by atoms with Crippen molar-refractivity contribution in [2.75, 3.05) is 13.7 Å². The molecule has 1 saturated carbocycles. The van der Waals surface area contributed by atoms with Crippen LogP contribution in [0.1, 0.15) is 50.5 Å². The van der Waals surface area contributed by atoms with E-state index in [1.807, 2.05) is 18.5 Å². The number of nitrogens with one attached hydrogen (secondary N) is 1. The van der Waals surface area contributed by atoms with Crippen LogP contribution in [0.4, 0.5) is 0 Å². The number of rotatable bonds is 4. The summed E-state index contributed by atoms with van der Waals surface area (Å²) in [4.78, 5) is 4.25. The predicted octanol–water partition coefficient (Wildman–Crippen LogP) is 3.34. The zero-order valence-corrected chi connectivity index (χ0v) is 13.2. The van der Waals surface area contributed by atoms with Gasteiger partial charge in [0.2, 0.25) is 0 Å². The number of aromatic nitrogens is 1. The quantitative estimate of drug-likeness (QED) is 0.922. The van der Waals surface area contributed by atoms with Gasteiger partial charge in [0.15, 0.2) is 0 Å². The number of pyridine rings is 1. The smallest absolute Gasteiger partial charge is 0.0685 e. The summed E-state index contributed by atoms with van der Waals surface area (Å²) in [7, 11) is 2.10. The standard InChI is InChI=1S/C18H28N2O/c1-19-17(12-15-6-5-10-20-14-15)16-7-11-21-18(13-16)8-3-2-4-9-18/h5-6,10,14,16-17,19H,2-4,7-9,11-13H2,1H3. The van der Waals surface area contributed by atoms with E-state index in [0.717, 1.165) is 18.9 Å². The van der Waals surface area contributed by atoms with Gasteiger partial charge in [0.25, 0.3) is 0 Å². The lowest BCUT2D eigenvalue weighted by atomic mass is 9.73. The van der Waals surface area contributed by atoms with E-state index >= 15 is 0 Å². The Kier molecular flexibility index (Phi) is 4.91. The third kappa shape index (κ3) is 3.64. The number of likely N-dealkylation sites (N-methyl/N-ethyl adjacent to an activating group) is 1. The molecule has 3 nitrogen and oxygen atoms in total. The molecule has 2 atom stereocenters. The van der Waals surface area contributed by atoms with E-state index in [9.17, 15) is 0 Å². The summed E-state index contributed by atoms with van der Waals surface area (Å²) in [5, 5.41) is 3.56. The zero-order chi connectivity index (χ0) is 14.5. The summed E-state index contributed by atoms with van der Waals surface area (Å²) in [6.07, 6.45) is 14.0. The largest absolute Gasteiger partial charge is 0.375 e. The average molecular weight is 288 g/mol. The summed E-state index contributed by atoms with van der Waals surface area (Å²) < 4.78 is 6.24. The minimum Gasteiger partial charge on any atom is -0.375 e. The van der Waals surface area contributed by atoms with Crippen molar-refractivity contribution in [3.63, 3.8) is 0 Å². The van der Waals surface area contributed by atoms with Crippen LogP contribution in [0.25, 0.3) is 0 Å². The molecule has 0 bridgehead atoms. The van der Waals surface area contributed by atoms with Crippen LogP contribution < -0.4 is 5.32 Å². The minimum atomic E-state index is 0.200. The highest BCUT2D eigenvalue weighted by Gasteiger charge is 2.40. The van der Waals surface area contributed by atoms with Gasteiger partial charge in [0.05, 0.1) is 5.60 Å². The van der Waals surface area contributed by atoms with Crippen LogP contribution in [-0.2, 0) is 11.2 Å². The molecule has 21 heavy (non-hydrogen) atoms. The van der Waals surface area contributed by atoms with Gasteiger partial charge in [-0.2, -0.15) is 0 Å². The molecule has 2 aliphatic rings. The normalized spacial score (nSPS) is 26.6. The molecule has 2 unspecified atom stereocenters. The van der Waals surface area contributed by atoms with E-state index in [4.69, 9.17) is 4.74 Å². The molecular weight excluding hydrogens is 260 g/mol. The van der Waals surface area contributed by atoms with Crippen LogP contribution in [0, 0.1) is 5.92 Å². The third-order valence-corrected chi connectivity index (χ3v) is 5.41. The molecular formula is C18H28N2O. The fourth-order valence-electron chi connectivity index (χ4n) is 4.23. The van der Waals surface area contributed by atoms with Crippen molar-refractivity contribution >= 4 is 0 Å². The fraction of sp³-hybridized carbons (Fsp3) is 0.722. The summed E-state index contributed by atoms with van der Waals surface area (Å²) >= 11 is 0. The van der Waals surface area contributed by atoms with E-state index in [-0.39, 0.29) is 5.60 Å². The van der Waals surface area contributed by atoms with Gasteiger partial charge in [-0.15, -0.1) is 0 Å². The van der Waals surface area contributed by atoms with Crippen LogP contribution >= 0.6 is 0 Å². The Labute approximate surface area is 128 Å². The second-order valence-electron chi connectivity index (χ2n) is 6.81. The summed E-state index contributed by atoms with van der Waals surface area (Å²) in [5.74, 6) is 0.724. The van der Waals surface area contributed by atoms with Gasteiger partial charge in [-0.05, 0) is 56.7 Å². The van der Waals surface area contributed by atoms with E-state index in [0.29, 0.717) is 6.04 Å². The van der Waals surface area contributed by atoms with Crippen molar-refractivity contribution in [3.05, 3.63) is 30.1 Å². The van der Waals surface area contributed by atoms with Crippen LogP contribution in [0.15, 0.2) is 24.5 Å². The molecule has 3 heteroatoms. The Morgan fingerprint density at radius 1 is 1.38 bits per heavy atom. The molecule has 1 aromatic rings. The maximum Gasteiger partial charge on any atom is 0.0685 e. The van der Waals surface area contributed by atoms with Gasteiger partial charge in [-0.1, -0.05) is 25.3 Å². The Balaban J connectivity index is 1.65. The van der Waals surface area contributed by atoms with Crippen LogP contribution in [-0.4, -0.2) is 30.3 Å². The molecule has 1 saturated heterocycles. The van der Waals surface area contributed by atoms with E-state index < -0.39 is 0 Å². The Morgan fingerprint density at radius 2 is 2.24 bits per heavy atom. The molecule has 1 spiro atoms. The number of hydrogen-bond acceptors (Lipinski definition) is 3. The van der Waals surface area contributed by atoms with Gasteiger partial charge in [-0.25, -0.2) is 0 Å². The number of hydrogen-bond donors (Lipinski definition) is 1. The second kappa shape index (κ2) is 6.89. The van der Waals surface area contributed by atoms with Crippen molar-refractivity contribution in [1.82, 2.24) is 10.3 Å². The Morgan fingerprint density at radius 3 is 2.95 bits per heavy atom. The van der Waals surface area contributed by atoms with Gasteiger partial charge in [0.1, 0.15) is 0 Å². The van der Waals surface area contributed by atoms with Crippen molar-refractivity contribution in [2.24, 2.45) is 5.92 Å². The lowest BCUT2D eigenvalue weighted by Crippen LogP contribution is -2.47. The van der Waals surface area contributed by atoms with Gasteiger partial charge in [-0.3, -0.25) is 4.98 Å². The molecule has 0 aromatic carbocycles. The second-order valence-corrected chi connectivity index (χ2v) is 6.81. The van der Waals surface area contributed by atoms with Crippen LogP contribution in [0.2, 0.25) is 0 Å². The predicted molar refractivity (Wildman–Crippen MR) is 85.3 cm³/mol. The Hall–Kier alpha value is -0.930. The highest BCUT2D eigenvalue weighted by atomic mass is 16.5. The molecule has 3 rings (SSSR count). The first-order valence-electron chi connectivity index (χ1n) is 8.51. The molecule has 1 N–H and O–H groups in total. The molecule has 1 aliphatic carbocycles. The van der Waals surface area contributed by atoms with E-state index in [2.05, 4.69) is 23.4 Å². The first-order valence-corrected chi connectivity index (χ1v) is 8.51. The zero-order valence-electron chi connectivity index (χ0n) is 13.2. The highest BCUT2D eigenvalue weighted by molar-refractivity contribution is 5.11. The molecule has 0 radical (unpaired) electrons. The third-order valence-electron chi connectivity index (χ3n) is 5.41. The maximum absolute atomic E-state index is 6.24. The fourth-order valence-corrected chi connectivity index (χ4v) is 4.23. The first-order chi connectivity index (χ1) is 10.3. The van der Waals surface area contributed by atoms with Gasteiger partial charge in [0, 0.05) is 25.0 Å². The lowest BCUT2D eigenvalue weighted by molar-refractivity contribution is -0.121. The highest BCUT2D eigenvalue weighted by Crippen LogP contribution is 2.41. The Bertz CT molecular complexity index is 423. The first kappa shape index (κ1) is 15.0. The monoisotopic (exact) mass is 288 g/mol. The maximum atomic E-state index is 6.24. The average Bonchev–Trinajstić information content (AvgIpc) is 2.54. The lowest BCUT2D eigenvalue weighted by Gasteiger charge is -2.45. The minimum absolute atomic E-state index is 0.200. The molecule has 0 amide bonds. The molecule has 2 fully saturated rings. The van der Waals surface area contributed by atoms with Crippen molar-refractivity contribution in [2.45, 2.75) is 63.0 Å². The van der Waals surface area contributed by atoms with Crippen molar-refractivity contribution < 1.29 is 4.74 Å². The molecule has 1 aromatic heterocycles. The number of ether oxygens (including phenoxy) is 1.